The fourth-order valence-electron chi connectivity index (χ4n) is 0.727. The lowest BCUT2D eigenvalue weighted by atomic mass is 10.3. The zero-order valence-corrected chi connectivity index (χ0v) is 8.35. The van der Waals surface area contributed by atoms with Crippen LogP contribution in [0.3, 0.4) is 0 Å². The van der Waals surface area contributed by atoms with Crippen molar-refractivity contribution in [2.45, 2.75) is 11.8 Å². The van der Waals surface area contributed by atoms with Gasteiger partial charge in [0.1, 0.15) is 10.6 Å². The van der Waals surface area contributed by atoms with Crippen molar-refractivity contribution in [3.63, 3.8) is 0 Å². The van der Waals surface area contributed by atoms with Crippen LogP contribution in [0.2, 0.25) is 0 Å². The molecule has 0 aliphatic carbocycles. The first-order chi connectivity index (χ1) is 6.04. The van der Waals surface area contributed by atoms with Crippen molar-refractivity contribution in [2.75, 3.05) is 0 Å². The largest absolute Gasteiger partial charge is 0.262 e. The molecule has 0 amide bonds. The van der Waals surface area contributed by atoms with E-state index in [1.165, 1.54) is 18.3 Å². The van der Waals surface area contributed by atoms with Crippen molar-refractivity contribution in [1.82, 2.24) is 4.98 Å². The Kier molecular flexibility index (Phi) is 2.91. The second kappa shape index (κ2) is 3.77. The minimum absolute atomic E-state index is 0.0178. The molecular formula is C8H6ClNO2S. The first kappa shape index (κ1) is 10.0. The predicted octanol–water partition coefficient (Wildman–Crippen LogP) is 1.38. The van der Waals surface area contributed by atoms with Crippen molar-refractivity contribution in [1.29, 1.82) is 0 Å². The lowest BCUT2D eigenvalue weighted by Gasteiger charge is -1.94. The third-order valence-electron chi connectivity index (χ3n) is 1.27. The molecule has 0 radical (unpaired) electrons. The topological polar surface area (TPSA) is 47.0 Å². The lowest BCUT2D eigenvalue weighted by molar-refractivity contribution is 0.609. The molecule has 0 saturated carbocycles. The molecule has 13 heavy (non-hydrogen) atoms. The standard InChI is InChI=1S/C8H6ClNO2S/c1-2-3-7-4-5-8(6-10-7)13(9,11)12/h4-6H,1H3. The molecule has 0 aromatic carbocycles. The molecule has 0 bridgehead atoms. The lowest BCUT2D eigenvalue weighted by Crippen LogP contribution is -1.92. The Labute approximate surface area is 81.2 Å². The second-order valence-corrected chi connectivity index (χ2v) is 4.76. The van der Waals surface area contributed by atoms with Crippen LogP contribution in [0.25, 0.3) is 0 Å². The maximum absolute atomic E-state index is 10.8. The number of halogens is 1. The van der Waals surface area contributed by atoms with Crippen LogP contribution in [-0.2, 0) is 9.05 Å². The third-order valence-corrected chi connectivity index (χ3v) is 2.61. The molecule has 0 N–H and O–H groups in total. The summed E-state index contributed by atoms with van der Waals surface area (Å²) in [6.45, 7) is 1.67. The Bertz CT molecular complexity index is 453. The highest BCUT2D eigenvalue weighted by molar-refractivity contribution is 8.13. The molecule has 0 atom stereocenters. The highest BCUT2D eigenvalue weighted by Crippen LogP contribution is 2.12. The molecule has 0 aliphatic heterocycles. The van der Waals surface area contributed by atoms with Crippen molar-refractivity contribution in [2.24, 2.45) is 0 Å². The van der Waals surface area contributed by atoms with Gasteiger partial charge in [-0.05, 0) is 25.0 Å². The van der Waals surface area contributed by atoms with Crippen LogP contribution in [0.5, 0.6) is 0 Å². The Balaban J connectivity index is 3.13. The highest BCUT2D eigenvalue weighted by atomic mass is 35.7. The first-order valence-corrected chi connectivity index (χ1v) is 5.68. The van der Waals surface area contributed by atoms with E-state index in [9.17, 15) is 8.42 Å². The maximum Gasteiger partial charge on any atom is 0.262 e. The molecule has 1 heterocycles. The van der Waals surface area contributed by atoms with Crippen LogP contribution < -0.4 is 0 Å². The number of aromatic nitrogens is 1. The van der Waals surface area contributed by atoms with Crippen molar-refractivity contribution in [3.8, 4) is 11.8 Å². The molecular weight excluding hydrogens is 210 g/mol. The SMILES string of the molecule is CC#Cc1ccc(S(=O)(=O)Cl)cn1. The molecule has 1 aromatic rings. The number of hydrogen-bond acceptors (Lipinski definition) is 3. The van der Waals surface area contributed by atoms with Gasteiger partial charge < -0.3 is 0 Å². The fourth-order valence-corrected chi connectivity index (χ4v) is 1.41. The molecule has 0 spiro atoms. The van der Waals surface area contributed by atoms with Gasteiger partial charge in [-0.25, -0.2) is 13.4 Å². The van der Waals surface area contributed by atoms with Gasteiger partial charge >= 0.3 is 0 Å². The summed E-state index contributed by atoms with van der Waals surface area (Å²) >= 11 is 0. The maximum atomic E-state index is 10.8. The van der Waals surface area contributed by atoms with Gasteiger partial charge in [0.25, 0.3) is 9.05 Å². The van der Waals surface area contributed by atoms with Crippen molar-refractivity contribution < 1.29 is 8.42 Å². The molecule has 0 aliphatic rings. The molecule has 0 saturated heterocycles. The summed E-state index contributed by atoms with van der Waals surface area (Å²) in [7, 11) is 1.41. The quantitative estimate of drug-likeness (QED) is 0.525. The van der Waals surface area contributed by atoms with Crippen LogP contribution >= 0.6 is 10.7 Å². The zero-order valence-electron chi connectivity index (χ0n) is 6.78. The summed E-state index contributed by atoms with van der Waals surface area (Å²) in [4.78, 5) is 3.78. The Hall–Kier alpha value is -1.05. The summed E-state index contributed by atoms with van der Waals surface area (Å²) < 4.78 is 21.6. The van der Waals surface area contributed by atoms with E-state index in [4.69, 9.17) is 10.7 Å². The monoisotopic (exact) mass is 215 g/mol. The van der Waals surface area contributed by atoms with E-state index < -0.39 is 9.05 Å². The van der Waals surface area contributed by atoms with Crippen LogP contribution in [0.4, 0.5) is 0 Å². The van der Waals surface area contributed by atoms with E-state index in [0.717, 1.165) is 0 Å². The zero-order chi connectivity index (χ0) is 9.90. The minimum atomic E-state index is -3.67. The molecule has 0 fully saturated rings. The smallest absolute Gasteiger partial charge is 0.246 e. The van der Waals surface area contributed by atoms with Gasteiger partial charge in [-0.2, -0.15) is 0 Å². The highest BCUT2D eigenvalue weighted by Gasteiger charge is 2.08. The summed E-state index contributed by atoms with van der Waals surface area (Å²) in [5.74, 6) is 5.33. The molecule has 0 unspecified atom stereocenters. The Morgan fingerprint density at radius 3 is 2.54 bits per heavy atom. The Morgan fingerprint density at radius 1 is 1.46 bits per heavy atom. The molecule has 3 nitrogen and oxygen atoms in total. The second-order valence-electron chi connectivity index (χ2n) is 2.19. The van der Waals surface area contributed by atoms with Crippen LogP contribution in [0.15, 0.2) is 23.2 Å². The van der Waals surface area contributed by atoms with Gasteiger partial charge in [0.15, 0.2) is 0 Å². The summed E-state index contributed by atoms with van der Waals surface area (Å²) in [5.41, 5.74) is 0.520. The van der Waals surface area contributed by atoms with Gasteiger partial charge in [-0.1, -0.05) is 5.92 Å². The normalized spacial score (nSPS) is 10.3. The van der Waals surface area contributed by atoms with Crippen LogP contribution in [-0.4, -0.2) is 13.4 Å². The number of pyridine rings is 1. The average Bonchev–Trinajstić information content (AvgIpc) is 2.04. The van der Waals surface area contributed by atoms with E-state index in [-0.39, 0.29) is 4.90 Å². The van der Waals surface area contributed by atoms with E-state index in [2.05, 4.69) is 16.8 Å². The van der Waals surface area contributed by atoms with Gasteiger partial charge in [0.05, 0.1) is 0 Å². The van der Waals surface area contributed by atoms with E-state index >= 15 is 0 Å². The van der Waals surface area contributed by atoms with Gasteiger partial charge in [0.2, 0.25) is 0 Å². The van der Waals surface area contributed by atoms with Gasteiger partial charge in [-0.15, -0.1) is 0 Å². The number of nitrogens with zero attached hydrogens (tertiary/aromatic N) is 1. The van der Waals surface area contributed by atoms with Gasteiger partial charge in [0, 0.05) is 16.9 Å². The number of hydrogen-bond donors (Lipinski definition) is 0. The van der Waals surface area contributed by atoms with E-state index in [1.807, 2.05) is 0 Å². The third kappa shape index (κ3) is 2.72. The molecule has 5 heteroatoms. The van der Waals surface area contributed by atoms with Crippen LogP contribution in [0, 0.1) is 11.8 Å². The average molecular weight is 216 g/mol. The molecule has 68 valence electrons. The Morgan fingerprint density at radius 2 is 2.15 bits per heavy atom. The predicted molar refractivity (Wildman–Crippen MR) is 49.8 cm³/mol. The first-order valence-electron chi connectivity index (χ1n) is 3.37. The fraction of sp³-hybridized carbons (Fsp3) is 0.125. The van der Waals surface area contributed by atoms with Crippen molar-refractivity contribution >= 4 is 19.7 Å². The van der Waals surface area contributed by atoms with E-state index in [1.54, 1.807) is 6.92 Å². The van der Waals surface area contributed by atoms with Gasteiger partial charge in [-0.3, -0.25) is 0 Å². The summed E-state index contributed by atoms with van der Waals surface area (Å²) in [6, 6.07) is 2.88. The molecule has 1 aromatic heterocycles. The summed E-state index contributed by atoms with van der Waals surface area (Å²) in [5, 5.41) is 0. The minimum Gasteiger partial charge on any atom is -0.246 e. The summed E-state index contributed by atoms with van der Waals surface area (Å²) in [6.07, 6.45) is 1.18. The van der Waals surface area contributed by atoms with E-state index in [0.29, 0.717) is 5.69 Å². The number of rotatable bonds is 1. The van der Waals surface area contributed by atoms with Crippen molar-refractivity contribution in [3.05, 3.63) is 24.0 Å². The molecule has 1 rings (SSSR count). The van der Waals surface area contributed by atoms with Crippen LogP contribution in [0.1, 0.15) is 12.6 Å².